The zero-order valence-corrected chi connectivity index (χ0v) is 19.9. The van der Waals surface area contributed by atoms with Crippen LogP contribution in [-0.2, 0) is 9.59 Å². The molecule has 1 aliphatic heterocycles. The summed E-state index contributed by atoms with van der Waals surface area (Å²) in [4.78, 5) is 28.7. The minimum Gasteiger partial charge on any atom is -0.323 e. The number of rotatable bonds is 5. The van der Waals surface area contributed by atoms with Gasteiger partial charge in [0.15, 0.2) is 5.54 Å². The van der Waals surface area contributed by atoms with Crippen LogP contribution in [0.4, 0.5) is 11.4 Å². The average molecular weight is 439 g/mol. The summed E-state index contributed by atoms with van der Waals surface area (Å²) in [5.74, 6) is -0.247. The summed E-state index contributed by atoms with van der Waals surface area (Å²) in [6, 6.07) is 21.8. The van der Waals surface area contributed by atoms with Gasteiger partial charge < -0.3 is 5.32 Å². The Labute approximate surface area is 195 Å². The Morgan fingerprint density at radius 1 is 0.909 bits per heavy atom. The van der Waals surface area contributed by atoms with Crippen LogP contribution < -0.4 is 10.2 Å². The quantitative estimate of drug-likeness (QED) is 0.487. The Hall–Kier alpha value is -3.66. The van der Waals surface area contributed by atoms with Crippen molar-refractivity contribution >= 4 is 29.3 Å². The number of carbonyl (C=O) groups is 2. The van der Waals surface area contributed by atoms with Gasteiger partial charge in [0, 0.05) is 11.4 Å². The van der Waals surface area contributed by atoms with Crippen LogP contribution in [0.25, 0.3) is 6.08 Å². The van der Waals surface area contributed by atoms with Gasteiger partial charge in [-0.3, -0.25) is 14.5 Å². The van der Waals surface area contributed by atoms with E-state index in [4.69, 9.17) is 0 Å². The SMILES string of the molecule is C/C(=C\c1ccccc1)C1(C(=O)Nc2c(C)cccc2C)CC(=O)N1c1ccc(C)cc1C. The van der Waals surface area contributed by atoms with E-state index in [0.717, 1.165) is 44.8 Å². The molecule has 4 rings (SSSR count). The fourth-order valence-electron chi connectivity index (χ4n) is 4.72. The standard InChI is InChI=1S/C29H30N2O2/c1-19-14-15-25(22(4)16-19)31-26(32)18-29(31,23(5)17-24-12-7-6-8-13-24)28(33)30-27-20(2)10-9-11-21(27)3/h6-17H,18H2,1-5H3,(H,30,33)/b23-17+. The topological polar surface area (TPSA) is 49.4 Å². The highest BCUT2D eigenvalue weighted by Gasteiger charge is 2.58. The van der Waals surface area contributed by atoms with Gasteiger partial charge in [0.05, 0.1) is 6.42 Å². The second-order valence-electron chi connectivity index (χ2n) is 9.02. The molecule has 0 radical (unpaired) electrons. The van der Waals surface area contributed by atoms with E-state index in [0.29, 0.717) is 0 Å². The van der Waals surface area contributed by atoms with Gasteiger partial charge >= 0.3 is 0 Å². The first kappa shape index (κ1) is 22.5. The molecule has 0 aromatic heterocycles. The van der Waals surface area contributed by atoms with Gasteiger partial charge in [-0.1, -0.05) is 72.3 Å². The maximum absolute atomic E-state index is 14.0. The predicted octanol–water partition coefficient (Wildman–Crippen LogP) is 6.14. The molecule has 1 saturated heterocycles. The smallest absolute Gasteiger partial charge is 0.255 e. The van der Waals surface area contributed by atoms with Gasteiger partial charge in [0.2, 0.25) is 5.91 Å². The number of benzene rings is 3. The molecular weight excluding hydrogens is 408 g/mol. The first-order valence-electron chi connectivity index (χ1n) is 11.3. The highest BCUT2D eigenvalue weighted by Crippen LogP contribution is 2.45. The lowest BCUT2D eigenvalue weighted by Gasteiger charge is -2.51. The molecule has 2 amide bonds. The molecule has 1 unspecified atom stereocenters. The molecule has 0 saturated carbocycles. The highest BCUT2D eigenvalue weighted by molar-refractivity contribution is 6.19. The molecule has 4 nitrogen and oxygen atoms in total. The molecule has 1 atom stereocenters. The van der Waals surface area contributed by atoms with Crippen LogP contribution in [0.15, 0.2) is 72.3 Å². The van der Waals surface area contributed by atoms with Crippen LogP contribution >= 0.6 is 0 Å². The predicted molar refractivity (Wildman–Crippen MR) is 135 cm³/mol. The van der Waals surface area contributed by atoms with E-state index in [9.17, 15) is 9.59 Å². The number of anilines is 2. The number of β-lactam (4-membered cyclic amide) rings is 1. The van der Waals surface area contributed by atoms with Crippen molar-refractivity contribution in [2.24, 2.45) is 0 Å². The van der Waals surface area contributed by atoms with E-state index in [1.165, 1.54) is 0 Å². The maximum atomic E-state index is 14.0. The van der Waals surface area contributed by atoms with E-state index in [1.54, 1.807) is 4.90 Å². The van der Waals surface area contributed by atoms with Crippen molar-refractivity contribution in [1.29, 1.82) is 0 Å². The molecule has 0 spiro atoms. The maximum Gasteiger partial charge on any atom is 0.255 e. The van der Waals surface area contributed by atoms with Gasteiger partial charge in [-0.05, 0) is 68.5 Å². The minimum atomic E-state index is -1.10. The lowest BCUT2D eigenvalue weighted by atomic mass is 9.75. The van der Waals surface area contributed by atoms with Crippen molar-refractivity contribution in [2.75, 3.05) is 10.2 Å². The molecule has 168 valence electrons. The third-order valence-corrected chi connectivity index (χ3v) is 6.56. The van der Waals surface area contributed by atoms with Gasteiger partial charge in [0.1, 0.15) is 0 Å². The van der Waals surface area contributed by atoms with E-state index in [-0.39, 0.29) is 18.2 Å². The van der Waals surface area contributed by atoms with Gasteiger partial charge in [0.25, 0.3) is 5.91 Å². The average Bonchev–Trinajstić information content (AvgIpc) is 2.76. The molecule has 1 N–H and O–H groups in total. The second-order valence-corrected chi connectivity index (χ2v) is 9.02. The van der Waals surface area contributed by atoms with Crippen LogP contribution in [-0.4, -0.2) is 17.4 Å². The van der Waals surface area contributed by atoms with Crippen molar-refractivity contribution < 1.29 is 9.59 Å². The third-order valence-electron chi connectivity index (χ3n) is 6.56. The molecule has 0 aliphatic carbocycles. The third kappa shape index (κ3) is 3.97. The number of nitrogens with one attached hydrogen (secondary N) is 1. The molecule has 3 aromatic carbocycles. The normalized spacial score (nSPS) is 18.2. The Bertz CT molecular complexity index is 1240. The number of hydrogen-bond donors (Lipinski definition) is 1. The number of amides is 2. The first-order chi connectivity index (χ1) is 15.7. The van der Waals surface area contributed by atoms with Crippen LogP contribution in [0.2, 0.25) is 0 Å². The lowest BCUT2D eigenvalue weighted by Crippen LogP contribution is -2.70. The summed E-state index contributed by atoms with van der Waals surface area (Å²) < 4.78 is 0. The van der Waals surface area contributed by atoms with Gasteiger partial charge in [-0.25, -0.2) is 0 Å². The Kier molecular flexibility index (Phi) is 5.94. The number of aryl methyl sites for hydroxylation is 4. The molecule has 1 aliphatic rings. The second kappa shape index (κ2) is 8.70. The number of carbonyl (C=O) groups excluding carboxylic acids is 2. The van der Waals surface area contributed by atoms with Gasteiger partial charge in [-0.2, -0.15) is 0 Å². The molecule has 4 heteroatoms. The summed E-state index contributed by atoms with van der Waals surface area (Å²) >= 11 is 0. The van der Waals surface area contributed by atoms with Crippen molar-refractivity contribution in [3.63, 3.8) is 0 Å². The summed E-state index contributed by atoms with van der Waals surface area (Å²) in [5.41, 5.74) is 6.38. The van der Waals surface area contributed by atoms with Crippen molar-refractivity contribution in [3.05, 3.63) is 100 Å². The highest BCUT2D eigenvalue weighted by atomic mass is 16.2. The van der Waals surface area contributed by atoms with E-state index >= 15 is 0 Å². The van der Waals surface area contributed by atoms with E-state index in [1.807, 2.05) is 107 Å². The summed E-state index contributed by atoms with van der Waals surface area (Å²) in [6.45, 7) is 9.92. The minimum absolute atomic E-state index is 0.0561. The van der Waals surface area contributed by atoms with Crippen LogP contribution in [0.1, 0.15) is 41.2 Å². The summed E-state index contributed by atoms with van der Waals surface area (Å²) in [5, 5.41) is 3.17. The fourth-order valence-corrected chi connectivity index (χ4v) is 4.72. The van der Waals surface area contributed by atoms with Gasteiger partial charge in [-0.15, -0.1) is 0 Å². The molecule has 3 aromatic rings. The zero-order valence-electron chi connectivity index (χ0n) is 19.9. The van der Waals surface area contributed by atoms with Crippen LogP contribution in [0.5, 0.6) is 0 Å². The lowest BCUT2D eigenvalue weighted by molar-refractivity contribution is -0.135. The Morgan fingerprint density at radius 2 is 1.58 bits per heavy atom. The zero-order chi connectivity index (χ0) is 23.8. The molecule has 1 fully saturated rings. The summed E-state index contributed by atoms with van der Waals surface area (Å²) in [7, 11) is 0. The van der Waals surface area contributed by atoms with Crippen LogP contribution in [0, 0.1) is 27.7 Å². The molecule has 33 heavy (non-hydrogen) atoms. The van der Waals surface area contributed by atoms with Crippen molar-refractivity contribution in [2.45, 2.75) is 46.6 Å². The monoisotopic (exact) mass is 438 g/mol. The Balaban J connectivity index is 1.84. The van der Waals surface area contributed by atoms with Crippen molar-refractivity contribution in [1.82, 2.24) is 0 Å². The van der Waals surface area contributed by atoms with E-state index < -0.39 is 5.54 Å². The Morgan fingerprint density at radius 3 is 2.18 bits per heavy atom. The number of hydrogen-bond acceptors (Lipinski definition) is 2. The van der Waals surface area contributed by atoms with E-state index in [2.05, 4.69) is 5.32 Å². The number of para-hydroxylation sites is 1. The molecule has 0 bridgehead atoms. The molecule has 1 heterocycles. The number of nitrogens with zero attached hydrogens (tertiary/aromatic N) is 1. The largest absolute Gasteiger partial charge is 0.323 e. The first-order valence-corrected chi connectivity index (χ1v) is 11.3. The molecular formula is C29H30N2O2. The van der Waals surface area contributed by atoms with Crippen molar-refractivity contribution in [3.8, 4) is 0 Å². The fraction of sp³-hybridized carbons (Fsp3) is 0.241. The summed E-state index contributed by atoms with van der Waals surface area (Å²) in [6.07, 6.45) is 2.14. The van der Waals surface area contributed by atoms with Crippen LogP contribution in [0.3, 0.4) is 0 Å².